The van der Waals surface area contributed by atoms with Crippen molar-refractivity contribution in [1.29, 1.82) is 0 Å². The molecule has 1 aromatic carbocycles. The molecule has 0 aliphatic rings. The van der Waals surface area contributed by atoms with Crippen LogP contribution in [0.1, 0.15) is 10.5 Å². The van der Waals surface area contributed by atoms with Crippen molar-refractivity contribution < 1.29 is 9.18 Å². The monoisotopic (exact) mass is 288 g/mol. The Morgan fingerprint density at radius 3 is 2.75 bits per heavy atom. The Morgan fingerprint density at radius 1 is 1.25 bits per heavy atom. The molecule has 0 atom stereocenters. The molecule has 0 aliphatic carbocycles. The summed E-state index contributed by atoms with van der Waals surface area (Å²) in [4.78, 5) is 19.9. The van der Waals surface area contributed by atoms with Crippen molar-refractivity contribution in [3.05, 3.63) is 59.9 Å². The molecule has 2 aromatic heterocycles. The number of amides is 1. The number of anilines is 1. The van der Waals surface area contributed by atoms with Crippen LogP contribution in [0.2, 0.25) is 0 Å². The lowest BCUT2D eigenvalue weighted by Gasteiger charge is -2.00. The minimum absolute atomic E-state index is 0.268. The number of halogens is 1. The second-order valence-electron chi connectivity index (χ2n) is 3.93. The van der Waals surface area contributed by atoms with Crippen LogP contribution in [0.15, 0.2) is 48.4 Å². The maximum atomic E-state index is 12.9. The predicted molar refractivity (Wildman–Crippen MR) is 73.6 cm³/mol. The molecule has 0 aliphatic heterocycles. The third kappa shape index (κ3) is 2.57. The van der Waals surface area contributed by atoms with E-state index in [9.17, 15) is 9.18 Å². The van der Waals surface area contributed by atoms with Crippen molar-refractivity contribution in [1.82, 2.24) is 14.5 Å². The van der Waals surface area contributed by atoms with Crippen LogP contribution in [0.4, 0.5) is 9.52 Å². The first-order valence-corrected chi connectivity index (χ1v) is 6.61. The number of rotatable bonds is 3. The van der Waals surface area contributed by atoms with E-state index in [4.69, 9.17) is 0 Å². The quantitative estimate of drug-likeness (QED) is 0.806. The van der Waals surface area contributed by atoms with Crippen molar-refractivity contribution in [3.63, 3.8) is 0 Å². The Morgan fingerprint density at radius 2 is 2.05 bits per heavy atom. The highest BCUT2D eigenvalue weighted by Crippen LogP contribution is 2.13. The van der Waals surface area contributed by atoms with Crippen LogP contribution in [0.5, 0.6) is 0 Å². The molecule has 1 N–H and O–H groups in total. The molecule has 0 saturated carbocycles. The molecule has 0 radical (unpaired) electrons. The van der Waals surface area contributed by atoms with Gasteiger partial charge in [0.2, 0.25) is 0 Å². The molecular weight excluding hydrogens is 279 g/mol. The molecule has 1 amide bonds. The van der Waals surface area contributed by atoms with E-state index in [2.05, 4.69) is 15.3 Å². The van der Waals surface area contributed by atoms with Gasteiger partial charge in [0.1, 0.15) is 17.8 Å². The number of hydrogen-bond acceptors (Lipinski definition) is 4. The number of carbonyl (C=O) groups excluding carboxylic acids is 1. The van der Waals surface area contributed by atoms with Crippen molar-refractivity contribution in [2.24, 2.45) is 0 Å². The molecule has 3 rings (SSSR count). The van der Waals surface area contributed by atoms with E-state index in [-0.39, 0.29) is 17.4 Å². The summed E-state index contributed by atoms with van der Waals surface area (Å²) >= 11 is 1.33. The zero-order valence-electron chi connectivity index (χ0n) is 10.2. The standard InChI is InChI=1S/C13H9FN4OS/c14-9-1-3-10(4-2-9)18-7-11(16-8-18)12(19)17-13-15-5-6-20-13/h1-8H,(H,15,17,19). The first-order chi connectivity index (χ1) is 9.72. The summed E-state index contributed by atoms with van der Waals surface area (Å²) in [6.07, 6.45) is 4.69. The number of nitrogens with one attached hydrogen (secondary N) is 1. The van der Waals surface area contributed by atoms with Gasteiger partial charge in [0.25, 0.3) is 5.91 Å². The molecule has 0 saturated heterocycles. The Balaban J connectivity index is 1.79. The highest BCUT2D eigenvalue weighted by Gasteiger charge is 2.11. The average Bonchev–Trinajstić information content (AvgIpc) is 3.10. The molecule has 2 heterocycles. The summed E-state index contributed by atoms with van der Waals surface area (Å²) in [7, 11) is 0. The maximum Gasteiger partial charge on any atom is 0.277 e. The van der Waals surface area contributed by atoms with Gasteiger partial charge in [-0.05, 0) is 24.3 Å². The van der Waals surface area contributed by atoms with Crippen molar-refractivity contribution >= 4 is 22.4 Å². The third-order valence-electron chi connectivity index (χ3n) is 2.59. The summed E-state index contributed by atoms with van der Waals surface area (Å²) in [6.45, 7) is 0. The lowest BCUT2D eigenvalue weighted by atomic mass is 10.3. The Kier molecular flexibility index (Phi) is 3.26. The molecular formula is C13H9FN4OS. The minimum Gasteiger partial charge on any atom is -0.305 e. The zero-order valence-corrected chi connectivity index (χ0v) is 11.0. The number of benzene rings is 1. The van der Waals surface area contributed by atoms with Gasteiger partial charge in [0.15, 0.2) is 5.13 Å². The van der Waals surface area contributed by atoms with E-state index in [1.807, 2.05) is 0 Å². The summed E-state index contributed by atoms with van der Waals surface area (Å²) in [5.74, 6) is -0.642. The fraction of sp³-hybridized carbons (Fsp3) is 0. The van der Waals surface area contributed by atoms with E-state index < -0.39 is 0 Å². The molecule has 0 unspecified atom stereocenters. The molecule has 7 heteroatoms. The minimum atomic E-state index is -0.333. The SMILES string of the molecule is O=C(Nc1nccs1)c1cn(-c2ccc(F)cc2)cn1. The summed E-state index contributed by atoms with van der Waals surface area (Å²) in [6, 6.07) is 5.92. The Hall–Kier alpha value is -2.54. The van der Waals surface area contributed by atoms with Crippen LogP contribution in [0.25, 0.3) is 5.69 Å². The van der Waals surface area contributed by atoms with Gasteiger partial charge in [-0.3, -0.25) is 10.1 Å². The molecule has 3 aromatic rings. The van der Waals surface area contributed by atoms with Gasteiger partial charge < -0.3 is 4.57 Å². The van der Waals surface area contributed by atoms with Crippen molar-refractivity contribution in [2.45, 2.75) is 0 Å². The smallest absolute Gasteiger partial charge is 0.277 e. The molecule has 0 fully saturated rings. The number of thiazole rings is 1. The topological polar surface area (TPSA) is 59.8 Å². The van der Waals surface area contributed by atoms with Crippen LogP contribution in [0, 0.1) is 5.82 Å². The van der Waals surface area contributed by atoms with Gasteiger partial charge >= 0.3 is 0 Å². The normalized spacial score (nSPS) is 10.4. The lowest BCUT2D eigenvalue weighted by molar-refractivity contribution is 0.102. The second-order valence-corrected chi connectivity index (χ2v) is 4.83. The highest BCUT2D eigenvalue weighted by atomic mass is 32.1. The predicted octanol–water partition coefficient (Wildman–Crippen LogP) is 2.72. The van der Waals surface area contributed by atoms with Crippen molar-refractivity contribution in [2.75, 3.05) is 5.32 Å². The number of nitrogens with zero attached hydrogens (tertiary/aromatic N) is 3. The van der Waals surface area contributed by atoms with Crippen LogP contribution in [-0.4, -0.2) is 20.4 Å². The molecule has 20 heavy (non-hydrogen) atoms. The highest BCUT2D eigenvalue weighted by molar-refractivity contribution is 7.13. The number of hydrogen-bond donors (Lipinski definition) is 1. The molecule has 0 bridgehead atoms. The fourth-order valence-electron chi connectivity index (χ4n) is 1.64. The van der Waals surface area contributed by atoms with E-state index >= 15 is 0 Å². The average molecular weight is 288 g/mol. The van der Waals surface area contributed by atoms with Gasteiger partial charge in [-0.1, -0.05) is 0 Å². The fourth-order valence-corrected chi connectivity index (χ4v) is 2.16. The van der Waals surface area contributed by atoms with Gasteiger partial charge in [0.05, 0.1) is 0 Å². The Labute approximate surface area is 117 Å². The lowest BCUT2D eigenvalue weighted by Crippen LogP contribution is -2.11. The summed E-state index contributed by atoms with van der Waals surface area (Å²) in [5.41, 5.74) is 0.997. The van der Waals surface area contributed by atoms with E-state index in [1.54, 1.807) is 34.5 Å². The largest absolute Gasteiger partial charge is 0.305 e. The van der Waals surface area contributed by atoms with Gasteiger partial charge in [-0.25, -0.2) is 14.4 Å². The van der Waals surface area contributed by atoms with Gasteiger partial charge in [0, 0.05) is 23.5 Å². The zero-order chi connectivity index (χ0) is 13.9. The van der Waals surface area contributed by atoms with E-state index in [0.717, 1.165) is 5.69 Å². The molecule has 100 valence electrons. The van der Waals surface area contributed by atoms with Crippen LogP contribution < -0.4 is 5.32 Å². The van der Waals surface area contributed by atoms with E-state index in [0.29, 0.717) is 5.13 Å². The second kappa shape index (κ2) is 5.22. The van der Waals surface area contributed by atoms with Crippen molar-refractivity contribution in [3.8, 4) is 5.69 Å². The molecule has 0 spiro atoms. The van der Waals surface area contributed by atoms with Crippen LogP contribution >= 0.6 is 11.3 Å². The van der Waals surface area contributed by atoms with Gasteiger partial charge in [-0.15, -0.1) is 11.3 Å². The van der Waals surface area contributed by atoms with Crippen LogP contribution in [0.3, 0.4) is 0 Å². The number of aromatic nitrogens is 3. The van der Waals surface area contributed by atoms with Crippen LogP contribution in [-0.2, 0) is 0 Å². The third-order valence-corrected chi connectivity index (χ3v) is 3.28. The number of carbonyl (C=O) groups is 1. The van der Waals surface area contributed by atoms with E-state index in [1.165, 1.54) is 29.8 Å². The first kappa shape index (κ1) is 12.5. The number of imidazole rings is 1. The maximum absolute atomic E-state index is 12.9. The van der Waals surface area contributed by atoms with Gasteiger partial charge in [-0.2, -0.15) is 0 Å². The summed E-state index contributed by atoms with van der Waals surface area (Å²) < 4.78 is 14.5. The summed E-state index contributed by atoms with van der Waals surface area (Å²) in [5, 5.41) is 4.94. The molecule has 5 nitrogen and oxygen atoms in total. The first-order valence-electron chi connectivity index (χ1n) is 5.73. The Bertz CT molecular complexity index is 721.